The zero-order valence-corrected chi connectivity index (χ0v) is 17.2. The zero-order valence-electron chi connectivity index (χ0n) is 14.6. The van der Waals surface area contributed by atoms with Gasteiger partial charge in [-0.2, -0.15) is 0 Å². The summed E-state index contributed by atoms with van der Waals surface area (Å²) in [5.74, 6) is 2.43. The first-order chi connectivity index (χ1) is 9.47. The van der Waals surface area contributed by atoms with Crippen molar-refractivity contribution in [2.45, 2.75) is 52.8 Å². The van der Waals surface area contributed by atoms with E-state index < -0.39 is 8.32 Å². The van der Waals surface area contributed by atoms with E-state index in [2.05, 4.69) is 49.8 Å². The molecule has 5 heteroatoms. The number of ether oxygens (including phenoxy) is 2. The molecule has 3 nitrogen and oxygen atoms in total. The number of hydrogen-bond acceptors (Lipinski definition) is 3. The minimum absolute atomic E-state index is 0.138. The van der Waals surface area contributed by atoms with Gasteiger partial charge < -0.3 is 13.9 Å². The summed E-state index contributed by atoms with van der Waals surface area (Å²) >= 11 is 3.56. The Balaban J connectivity index is 3.50. The van der Waals surface area contributed by atoms with Crippen LogP contribution in [0.5, 0.6) is 17.2 Å². The van der Waals surface area contributed by atoms with E-state index in [1.807, 2.05) is 13.8 Å². The lowest BCUT2D eigenvalue weighted by atomic mass is 10.1. The highest BCUT2D eigenvalue weighted by Gasteiger charge is 2.40. The van der Waals surface area contributed by atoms with Gasteiger partial charge in [-0.15, -0.1) is 0 Å². The van der Waals surface area contributed by atoms with Gasteiger partial charge in [-0.25, -0.2) is 0 Å². The highest BCUT2D eigenvalue weighted by molar-refractivity contribution is 9.10. The Morgan fingerprint density at radius 3 is 1.52 bits per heavy atom. The number of methoxy groups -OCH3 is 2. The van der Waals surface area contributed by atoms with Gasteiger partial charge in [0.1, 0.15) is 21.7 Å². The monoisotopic (exact) mass is 374 g/mol. The molecule has 0 unspecified atom stereocenters. The third-order valence-corrected chi connectivity index (χ3v) is 9.38. The lowest BCUT2D eigenvalue weighted by molar-refractivity contribution is 0.378. The number of rotatable bonds is 4. The van der Waals surface area contributed by atoms with E-state index >= 15 is 0 Å². The quantitative estimate of drug-likeness (QED) is 0.654. The molecule has 0 amide bonds. The molecule has 0 spiro atoms. The number of benzene rings is 1. The maximum atomic E-state index is 6.53. The molecule has 0 radical (unpaired) electrons. The molecule has 0 atom stereocenters. The molecule has 0 fully saturated rings. The molecule has 21 heavy (non-hydrogen) atoms. The molecule has 0 aliphatic carbocycles. The third kappa shape index (κ3) is 3.39. The van der Waals surface area contributed by atoms with E-state index in [-0.39, 0.29) is 5.04 Å². The fourth-order valence-corrected chi connectivity index (χ4v) is 4.01. The SMILES string of the molecule is COc1c(C)c(O[Si](C)(C)C(C)(C)C)c(C)c(OC)c1Br. The topological polar surface area (TPSA) is 27.7 Å². The molecule has 1 aromatic rings. The largest absolute Gasteiger partial charge is 0.543 e. The fraction of sp³-hybridized carbons (Fsp3) is 0.625. The van der Waals surface area contributed by atoms with Gasteiger partial charge in [0.15, 0.2) is 0 Å². The van der Waals surface area contributed by atoms with Crippen LogP contribution in [0.2, 0.25) is 18.1 Å². The van der Waals surface area contributed by atoms with Crippen LogP contribution in [-0.2, 0) is 0 Å². The van der Waals surface area contributed by atoms with Gasteiger partial charge in [-0.3, -0.25) is 0 Å². The Labute approximate surface area is 138 Å². The number of hydrogen-bond donors (Lipinski definition) is 0. The molecule has 0 saturated heterocycles. The standard InChI is InChI=1S/C16H27BrO3Si/c1-10-13(20-21(8,9)16(3,4)5)11(2)15(19-7)12(17)14(10)18-6/h1-9H3. The van der Waals surface area contributed by atoms with Crippen LogP contribution in [0.1, 0.15) is 31.9 Å². The van der Waals surface area contributed by atoms with Crippen LogP contribution in [0.4, 0.5) is 0 Å². The normalized spacial score (nSPS) is 12.3. The van der Waals surface area contributed by atoms with E-state index in [0.29, 0.717) is 0 Å². The fourth-order valence-electron chi connectivity index (χ4n) is 1.97. The van der Waals surface area contributed by atoms with E-state index in [1.54, 1.807) is 14.2 Å². The van der Waals surface area contributed by atoms with Crippen LogP contribution in [0.25, 0.3) is 0 Å². The lowest BCUT2D eigenvalue weighted by Gasteiger charge is -2.37. The summed E-state index contributed by atoms with van der Waals surface area (Å²) in [6.07, 6.45) is 0. The van der Waals surface area contributed by atoms with Crippen LogP contribution < -0.4 is 13.9 Å². The smallest absolute Gasteiger partial charge is 0.250 e. The lowest BCUT2D eigenvalue weighted by Crippen LogP contribution is -2.44. The van der Waals surface area contributed by atoms with Gasteiger partial charge >= 0.3 is 0 Å². The van der Waals surface area contributed by atoms with Crippen molar-refractivity contribution in [2.24, 2.45) is 0 Å². The Kier molecular flexibility index (Phi) is 5.43. The van der Waals surface area contributed by atoms with Gasteiger partial charge in [0.25, 0.3) is 8.32 Å². The Morgan fingerprint density at radius 1 is 0.857 bits per heavy atom. The number of halogens is 1. The van der Waals surface area contributed by atoms with Crippen LogP contribution in [-0.4, -0.2) is 22.5 Å². The van der Waals surface area contributed by atoms with Crippen molar-refractivity contribution in [1.82, 2.24) is 0 Å². The summed E-state index contributed by atoms with van der Waals surface area (Å²) in [6, 6.07) is 0. The summed E-state index contributed by atoms with van der Waals surface area (Å²) in [4.78, 5) is 0. The molecule has 0 aromatic heterocycles. The van der Waals surface area contributed by atoms with E-state index in [0.717, 1.165) is 32.8 Å². The van der Waals surface area contributed by atoms with E-state index in [4.69, 9.17) is 13.9 Å². The van der Waals surface area contributed by atoms with Gasteiger partial charge in [0.2, 0.25) is 0 Å². The summed E-state index contributed by atoms with van der Waals surface area (Å²) in [5, 5.41) is 0.138. The first kappa shape index (κ1) is 18.4. The van der Waals surface area contributed by atoms with Crippen molar-refractivity contribution in [2.75, 3.05) is 14.2 Å². The minimum Gasteiger partial charge on any atom is -0.543 e. The predicted molar refractivity (Wildman–Crippen MR) is 94.5 cm³/mol. The second-order valence-corrected chi connectivity index (χ2v) is 12.3. The van der Waals surface area contributed by atoms with E-state index in [9.17, 15) is 0 Å². The molecule has 0 heterocycles. The van der Waals surface area contributed by atoms with Crippen molar-refractivity contribution in [3.8, 4) is 17.2 Å². The molecular formula is C16H27BrO3Si. The summed E-state index contributed by atoms with van der Waals surface area (Å²) in [5.41, 5.74) is 2.01. The zero-order chi connectivity index (χ0) is 16.6. The Morgan fingerprint density at radius 2 is 1.24 bits per heavy atom. The second-order valence-electron chi connectivity index (χ2n) is 6.82. The molecular weight excluding hydrogens is 348 g/mol. The molecule has 0 saturated carbocycles. The first-order valence-electron chi connectivity index (χ1n) is 7.07. The van der Waals surface area contributed by atoms with Crippen LogP contribution in [0, 0.1) is 13.8 Å². The minimum atomic E-state index is -1.92. The molecule has 0 bridgehead atoms. The summed E-state index contributed by atoms with van der Waals surface area (Å²) in [7, 11) is 1.41. The summed E-state index contributed by atoms with van der Waals surface area (Å²) < 4.78 is 18.4. The predicted octanol–water partition coefficient (Wildman–Crippen LogP) is 5.47. The van der Waals surface area contributed by atoms with Crippen LogP contribution in [0.3, 0.4) is 0 Å². The highest BCUT2D eigenvalue weighted by Crippen LogP contribution is 2.48. The molecule has 0 aliphatic rings. The van der Waals surface area contributed by atoms with Crippen molar-refractivity contribution in [3.05, 3.63) is 15.6 Å². The molecule has 120 valence electrons. The summed E-state index contributed by atoms with van der Waals surface area (Å²) in [6.45, 7) is 15.2. The average Bonchev–Trinajstić information content (AvgIpc) is 2.34. The van der Waals surface area contributed by atoms with Gasteiger partial charge in [-0.05, 0) is 47.9 Å². The molecule has 0 aliphatic heterocycles. The molecule has 1 rings (SSSR count). The van der Waals surface area contributed by atoms with Gasteiger partial charge in [0, 0.05) is 11.1 Å². The van der Waals surface area contributed by atoms with Crippen LogP contribution in [0.15, 0.2) is 4.47 Å². The second kappa shape index (κ2) is 6.21. The van der Waals surface area contributed by atoms with Crippen molar-refractivity contribution in [3.63, 3.8) is 0 Å². The van der Waals surface area contributed by atoms with Crippen molar-refractivity contribution in [1.29, 1.82) is 0 Å². The maximum Gasteiger partial charge on any atom is 0.250 e. The Bertz CT molecular complexity index is 502. The molecule has 0 N–H and O–H groups in total. The van der Waals surface area contributed by atoms with Gasteiger partial charge in [-0.1, -0.05) is 20.8 Å². The van der Waals surface area contributed by atoms with E-state index in [1.165, 1.54) is 0 Å². The van der Waals surface area contributed by atoms with Crippen molar-refractivity contribution < 1.29 is 13.9 Å². The van der Waals surface area contributed by atoms with Gasteiger partial charge in [0.05, 0.1) is 14.2 Å². The highest BCUT2D eigenvalue weighted by atomic mass is 79.9. The third-order valence-electron chi connectivity index (χ3n) is 4.33. The first-order valence-corrected chi connectivity index (χ1v) is 10.8. The van der Waals surface area contributed by atoms with Crippen LogP contribution >= 0.6 is 15.9 Å². The molecule has 1 aromatic carbocycles. The average molecular weight is 375 g/mol. The van der Waals surface area contributed by atoms with Crippen molar-refractivity contribution >= 4 is 24.2 Å². The maximum absolute atomic E-state index is 6.53. The Hall–Kier alpha value is -0.683.